The molecule has 0 aromatic carbocycles. The molecule has 0 bridgehead atoms. The molecular formula is C11H19ClN4. The number of rotatable bonds is 7. The fourth-order valence-corrected chi connectivity index (χ4v) is 1.57. The van der Waals surface area contributed by atoms with Crippen LogP contribution in [0.5, 0.6) is 0 Å². The Morgan fingerprint density at radius 2 is 1.94 bits per heavy atom. The second kappa shape index (κ2) is 7.41. The van der Waals surface area contributed by atoms with Gasteiger partial charge in [0.1, 0.15) is 0 Å². The van der Waals surface area contributed by atoms with E-state index in [0.29, 0.717) is 11.0 Å². The molecule has 0 unspecified atom stereocenters. The summed E-state index contributed by atoms with van der Waals surface area (Å²) in [5.74, 6) is 0.636. The predicted molar refractivity (Wildman–Crippen MR) is 67.9 cm³/mol. The molecule has 4 nitrogen and oxygen atoms in total. The van der Waals surface area contributed by atoms with Crippen LogP contribution in [0.15, 0.2) is 12.4 Å². The molecule has 1 heterocycles. The highest BCUT2D eigenvalue weighted by Crippen LogP contribution is 2.05. The van der Waals surface area contributed by atoms with Crippen molar-refractivity contribution >= 4 is 17.5 Å². The first-order chi connectivity index (χ1) is 7.76. The van der Waals surface area contributed by atoms with E-state index in [1.54, 1.807) is 12.4 Å². The standard InChI is InChI=1S/C11H19ClN4/c1-3-6-16(4-2)7-5-13-11-14-8-10(12)9-15-11/h8-9H,3-7H2,1-2H3,(H,13,14,15). The van der Waals surface area contributed by atoms with Crippen LogP contribution in [-0.2, 0) is 0 Å². The molecule has 16 heavy (non-hydrogen) atoms. The van der Waals surface area contributed by atoms with Gasteiger partial charge in [-0.25, -0.2) is 9.97 Å². The summed E-state index contributed by atoms with van der Waals surface area (Å²) in [6.45, 7) is 8.45. The zero-order valence-corrected chi connectivity index (χ0v) is 10.7. The van der Waals surface area contributed by atoms with Gasteiger partial charge in [-0.15, -0.1) is 0 Å². The Kier molecular flexibility index (Phi) is 6.11. The number of hydrogen-bond donors (Lipinski definition) is 1. The van der Waals surface area contributed by atoms with Crippen molar-refractivity contribution in [2.24, 2.45) is 0 Å². The van der Waals surface area contributed by atoms with Crippen molar-refractivity contribution in [3.05, 3.63) is 17.4 Å². The first kappa shape index (κ1) is 13.2. The second-order valence-electron chi connectivity index (χ2n) is 3.59. The lowest BCUT2D eigenvalue weighted by Crippen LogP contribution is -2.29. The van der Waals surface area contributed by atoms with Crippen molar-refractivity contribution in [2.45, 2.75) is 20.3 Å². The van der Waals surface area contributed by atoms with Crippen LogP contribution in [0.2, 0.25) is 5.02 Å². The number of nitrogens with zero attached hydrogens (tertiary/aromatic N) is 3. The number of halogens is 1. The van der Waals surface area contributed by atoms with Gasteiger partial charge in [-0.1, -0.05) is 25.4 Å². The molecule has 0 saturated heterocycles. The number of hydrogen-bond acceptors (Lipinski definition) is 4. The lowest BCUT2D eigenvalue weighted by atomic mass is 10.4. The SMILES string of the molecule is CCCN(CC)CCNc1ncc(Cl)cn1. The maximum Gasteiger partial charge on any atom is 0.222 e. The quantitative estimate of drug-likeness (QED) is 0.797. The van der Waals surface area contributed by atoms with Crippen molar-refractivity contribution in [1.82, 2.24) is 14.9 Å². The summed E-state index contributed by atoms with van der Waals surface area (Å²) in [7, 11) is 0. The van der Waals surface area contributed by atoms with Gasteiger partial charge in [0, 0.05) is 13.1 Å². The molecule has 0 atom stereocenters. The molecule has 5 heteroatoms. The minimum Gasteiger partial charge on any atom is -0.353 e. The third-order valence-corrected chi connectivity index (χ3v) is 2.51. The third kappa shape index (κ3) is 4.77. The molecule has 1 aromatic rings. The summed E-state index contributed by atoms with van der Waals surface area (Å²) in [5.41, 5.74) is 0. The van der Waals surface area contributed by atoms with Gasteiger partial charge in [0.05, 0.1) is 17.4 Å². The summed E-state index contributed by atoms with van der Waals surface area (Å²) in [4.78, 5) is 10.5. The van der Waals surface area contributed by atoms with E-state index in [0.717, 1.165) is 26.2 Å². The molecule has 0 aliphatic rings. The van der Waals surface area contributed by atoms with Gasteiger partial charge in [0.15, 0.2) is 0 Å². The van der Waals surface area contributed by atoms with Crippen LogP contribution in [0.1, 0.15) is 20.3 Å². The summed E-state index contributed by atoms with van der Waals surface area (Å²) >= 11 is 5.70. The minimum atomic E-state index is 0.562. The zero-order valence-electron chi connectivity index (χ0n) is 9.91. The molecule has 1 N–H and O–H groups in total. The van der Waals surface area contributed by atoms with E-state index < -0.39 is 0 Å². The van der Waals surface area contributed by atoms with Crippen molar-refractivity contribution in [1.29, 1.82) is 0 Å². The number of anilines is 1. The van der Waals surface area contributed by atoms with E-state index in [-0.39, 0.29) is 0 Å². The van der Waals surface area contributed by atoms with Crippen LogP contribution < -0.4 is 5.32 Å². The fraction of sp³-hybridized carbons (Fsp3) is 0.636. The first-order valence-electron chi connectivity index (χ1n) is 5.70. The van der Waals surface area contributed by atoms with Gasteiger partial charge in [-0.3, -0.25) is 0 Å². The van der Waals surface area contributed by atoms with Crippen LogP contribution in [0, 0.1) is 0 Å². The van der Waals surface area contributed by atoms with E-state index >= 15 is 0 Å². The Balaban J connectivity index is 2.26. The molecule has 0 saturated carbocycles. The Labute approximate surface area is 102 Å². The van der Waals surface area contributed by atoms with Crippen LogP contribution in [0.4, 0.5) is 5.95 Å². The maximum atomic E-state index is 5.70. The zero-order chi connectivity index (χ0) is 11.8. The number of likely N-dealkylation sites (N-methyl/N-ethyl adjacent to an activating group) is 1. The highest BCUT2D eigenvalue weighted by molar-refractivity contribution is 6.30. The van der Waals surface area contributed by atoms with Crippen molar-refractivity contribution < 1.29 is 0 Å². The van der Waals surface area contributed by atoms with Crippen LogP contribution in [-0.4, -0.2) is 41.0 Å². The summed E-state index contributed by atoms with van der Waals surface area (Å²) in [6, 6.07) is 0. The molecule has 0 aliphatic carbocycles. The second-order valence-corrected chi connectivity index (χ2v) is 4.02. The molecule has 0 fully saturated rings. The monoisotopic (exact) mass is 242 g/mol. The first-order valence-corrected chi connectivity index (χ1v) is 6.07. The predicted octanol–water partition coefficient (Wildman–Crippen LogP) is 2.27. The van der Waals surface area contributed by atoms with Crippen molar-refractivity contribution in [3.8, 4) is 0 Å². The van der Waals surface area contributed by atoms with Gasteiger partial charge in [0.25, 0.3) is 0 Å². The average molecular weight is 243 g/mol. The van der Waals surface area contributed by atoms with Crippen LogP contribution >= 0.6 is 11.6 Å². The Morgan fingerprint density at radius 1 is 1.25 bits per heavy atom. The fourth-order valence-electron chi connectivity index (χ4n) is 1.47. The highest BCUT2D eigenvalue weighted by atomic mass is 35.5. The highest BCUT2D eigenvalue weighted by Gasteiger charge is 2.00. The van der Waals surface area contributed by atoms with Crippen LogP contribution in [0.25, 0.3) is 0 Å². The summed E-state index contributed by atoms with van der Waals surface area (Å²) in [6.07, 6.45) is 4.38. The molecule has 0 aliphatic heterocycles. The minimum absolute atomic E-state index is 0.562. The van der Waals surface area contributed by atoms with Gasteiger partial charge in [-0.05, 0) is 19.5 Å². The van der Waals surface area contributed by atoms with Gasteiger partial charge >= 0.3 is 0 Å². The van der Waals surface area contributed by atoms with Gasteiger partial charge < -0.3 is 10.2 Å². The van der Waals surface area contributed by atoms with E-state index in [4.69, 9.17) is 11.6 Å². The molecule has 0 spiro atoms. The molecular weight excluding hydrogens is 224 g/mol. The smallest absolute Gasteiger partial charge is 0.222 e. The Bertz CT molecular complexity index is 289. The lowest BCUT2D eigenvalue weighted by Gasteiger charge is -2.19. The van der Waals surface area contributed by atoms with E-state index in [1.807, 2.05) is 0 Å². The van der Waals surface area contributed by atoms with Gasteiger partial charge in [0.2, 0.25) is 5.95 Å². The normalized spacial score (nSPS) is 10.8. The average Bonchev–Trinajstić information content (AvgIpc) is 2.30. The molecule has 90 valence electrons. The summed E-state index contributed by atoms with van der Waals surface area (Å²) in [5, 5.41) is 3.73. The molecule has 1 aromatic heterocycles. The number of aromatic nitrogens is 2. The van der Waals surface area contributed by atoms with E-state index in [1.165, 1.54) is 6.42 Å². The van der Waals surface area contributed by atoms with E-state index in [2.05, 4.69) is 34.0 Å². The van der Waals surface area contributed by atoms with Gasteiger partial charge in [-0.2, -0.15) is 0 Å². The Morgan fingerprint density at radius 3 is 2.50 bits per heavy atom. The Hall–Kier alpha value is -0.870. The maximum absolute atomic E-state index is 5.70. The lowest BCUT2D eigenvalue weighted by molar-refractivity contribution is 0.300. The largest absolute Gasteiger partial charge is 0.353 e. The number of nitrogens with one attached hydrogen (secondary N) is 1. The molecule has 0 amide bonds. The third-order valence-electron chi connectivity index (χ3n) is 2.32. The molecule has 0 radical (unpaired) electrons. The summed E-state index contributed by atoms with van der Waals surface area (Å²) < 4.78 is 0. The van der Waals surface area contributed by atoms with Crippen molar-refractivity contribution in [2.75, 3.05) is 31.5 Å². The topological polar surface area (TPSA) is 41.0 Å². The van der Waals surface area contributed by atoms with Crippen molar-refractivity contribution in [3.63, 3.8) is 0 Å². The van der Waals surface area contributed by atoms with Crippen LogP contribution in [0.3, 0.4) is 0 Å². The molecule has 1 rings (SSSR count). The van der Waals surface area contributed by atoms with E-state index in [9.17, 15) is 0 Å².